The number of rotatable bonds is 5. The van der Waals surface area contributed by atoms with E-state index in [2.05, 4.69) is 5.32 Å². The van der Waals surface area contributed by atoms with Gasteiger partial charge in [-0.1, -0.05) is 48.0 Å². The normalized spacial score (nSPS) is 15.0. The van der Waals surface area contributed by atoms with Gasteiger partial charge in [0.05, 0.1) is 5.69 Å². The number of carbonyl (C=O) groups excluding carboxylic acids is 3. The van der Waals surface area contributed by atoms with E-state index in [0.29, 0.717) is 22.7 Å². The Morgan fingerprint density at radius 1 is 0.906 bits per heavy atom. The molecular formula is C25H18N2O4S. The van der Waals surface area contributed by atoms with Crippen molar-refractivity contribution in [2.24, 2.45) is 0 Å². The molecule has 4 rings (SSSR count). The van der Waals surface area contributed by atoms with E-state index in [1.54, 1.807) is 48.5 Å². The van der Waals surface area contributed by atoms with Gasteiger partial charge < -0.3 is 4.74 Å². The van der Waals surface area contributed by atoms with Crippen molar-refractivity contribution in [3.8, 4) is 11.5 Å². The van der Waals surface area contributed by atoms with Gasteiger partial charge in [-0.25, -0.2) is 0 Å². The molecular weight excluding hydrogens is 424 g/mol. The summed E-state index contributed by atoms with van der Waals surface area (Å²) in [6.45, 7) is 1.90. The van der Waals surface area contributed by atoms with Gasteiger partial charge in [-0.3, -0.25) is 24.6 Å². The molecule has 1 saturated heterocycles. The van der Waals surface area contributed by atoms with Crippen molar-refractivity contribution >= 4 is 40.6 Å². The lowest BCUT2D eigenvalue weighted by atomic mass is 10.0. The van der Waals surface area contributed by atoms with Gasteiger partial charge in [0.2, 0.25) is 0 Å². The molecule has 1 aliphatic rings. The molecule has 0 bridgehead atoms. The molecule has 0 aliphatic carbocycles. The Labute approximate surface area is 190 Å². The molecule has 1 heterocycles. The first-order valence-corrected chi connectivity index (χ1v) is 10.2. The van der Waals surface area contributed by atoms with E-state index in [1.807, 2.05) is 37.3 Å². The van der Waals surface area contributed by atoms with Gasteiger partial charge in [0.1, 0.15) is 17.1 Å². The molecule has 0 aromatic heterocycles. The molecule has 0 spiro atoms. The van der Waals surface area contributed by atoms with Crippen LogP contribution in [0, 0.1) is 6.92 Å². The molecule has 0 unspecified atom stereocenters. The topological polar surface area (TPSA) is 75.7 Å². The summed E-state index contributed by atoms with van der Waals surface area (Å²) in [6, 6.07) is 22.8. The largest absolute Gasteiger partial charge is 0.457 e. The SMILES string of the molecule is Cc1ccc(C(=O)/C=C2\C(=O)NC(=S)N(c3ccc(Oc4ccccc4)cc3)C2=O)cc1. The molecule has 1 fully saturated rings. The minimum absolute atomic E-state index is 0.0586. The molecule has 7 heteroatoms. The van der Waals surface area contributed by atoms with Gasteiger partial charge in [-0.15, -0.1) is 0 Å². The third-order valence-electron chi connectivity index (χ3n) is 4.79. The van der Waals surface area contributed by atoms with Crippen molar-refractivity contribution in [3.05, 3.63) is 102 Å². The summed E-state index contributed by atoms with van der Waals surface area (Å²) in [5, 5.41) is 2.42. The highest BCUT2D eigenvalue weighted by atomic mass is 32.1. The van der Waals surface area contributed by atoms with E-state index in [1.165, 1.54) is 4.90 Å². The van der Waals surface area contributed by atoms with Crippen molar-refractivity contribution in [2.45, 2.75) is 6.92 Å². The van der Waals surface area contributed by atoms with Crippen LogP contribution in [-0.2, 0) is 9.59 Å². The van der Waals surface area contributed by atoms with Crippen LogP contribution in [0.25, 0.3) is 0 Å². The standard InChI is InChI=1S/C25H18N2O4S/c1-16-7-9-17(10-8-16)22(28)15-21-23(29)26-25(32)27(24(21)30)18-11-13-20(14-12-18)31-19-5-3-2-4-6-19/h2-15H,1H3,(H,26,29,32)/b21-15+. The van der Waals surface area contributed by atoms with Gasteiger partial charge >= 0.3 is 0 Å². The second kappa shape index (κ2) is 8.95. The van der Waals surface area contributed by atoms with Crippen LogP contribution in [0.2, 0.25) is 0 Å². The summed E-state index contributed by atoms with van der Waals surface area (Å²) in [5.74, 6) is -0.568. The van der Waals surface area contributed by atoms with E-state index >= 15 is 0 Å². The molecule has 1 N–H and O–H groups in total. The predicted octanol–water partition coefficient (Wildman–Crippen LogP) is 4.34. The highest BCUT2D eigenvalue weighted by Gasteiger charge is 2.35. The van der Waals surface area contributed by atoms with Crippen molar-refractivity contribution in [3.63, 3.8) is 0 Å². The number of ketones is 1. The lowest BCUT2D eigenvalue weighted by molar-refractivity contribution is -0.122. The average molecular weight is 442 g/mol. The molecule has 3 aromatic rings. The van der Waals surface area contributed by atoms with Crippen LogP contribution in [-0.4, -0.2) is 22.7 Å². The number of nitrogens with one attached hydrogen (secondary N) is 1. The van der Waals surface area contributed by atoms with Gasteiger partial charge in [-0.2, -0.15) is 0 Å². The van der Waals surface area contributed by atoms with Crippen LogP contribution in [0.3, 0.4) is 0 Å². The Hall–Kier alpha value is -4.10. The number of carbonyl (C=O) groups is 3. The number of hydrogen-bond acceptors (Lipinski definition) is 5. The molecule has 2 amide bonds. The Bertz CT molecular complexity index is 1230. The highest BCUT2D eigenvalue weighted by molar-refractivity contribution is 7.80. The smallest absolute Gasteiger partial charge is 0.270 e. The van der Waals surface area contributed by atoms with Crippen LogP contribution < -0.4 is 15.0 Å². The molecule has 3 aromatic carbocycles. The molecule has 0 saturated carbocycles. The van der Waals surface area contributed by atoms with E-state index in [9.17, 15) is 14.4 Å². The Kier molecular flexibility index (Phi) is 5.91. The number of allylic oxidation sites excluding steroid dienone is 1. The van der Waals surface area contributed by atoms with Crippen LogP contribution in [0.1, 0.15) is 15.9 Å². The van der Waals surface area contributed by atoms with E-state index in [0.717, 1.165) is 11.6 Å². The highest BCUT2D eigenvalue weighted by Crippen LogP contribution is 2.26. The summed E-state index contributed by atoms with van der Waals surface area (Å²) >= 11 is 5.21. The maximum absolute atomic E-state index is 13.1. The number of benzene rings is 3. The summed E-state index contributed by atoms with van der Waals surface area (Å²) in [6.07, 6.45) is 1.05. The van der Waals surface area contributed by atoms with Gasteiger partial charge in [-0.05, 0) is 55.5 Å². The second-order valence-electron chi connectivity index (χ2n) is 7.10. The molecule has 32 heavy (non-hydrogen) atoms. The first-order chi connectivity index (χ1) is 15.4. The van der Waals surface area contributed by atoms with Crippen molar-refractivity contribution in [2.75, 3.05) is 4.90 Å². The van der Waals surface area contributed by atoms with Crippen LogP contribution in [0.4, 0.5) is 5.69 Å². The fourth-order valence-electron chi connectivity index (χ4n) is 3.11. The first-order valence-electron chi connectivity index (χ1n) is 9.78. The zero-order valence-corrected chi connectivity index (χ0v) is 17.9. The lowest BCUT2D eigenvalue weighted by Crippen LogP contribution is -2.54. The van der Waals surface area contributed by atoms with Gasteiger partial charge in [0, 0.05) is 11.6 Å². The number of aryl methyl sites for hydroxylation is 1. The molecule has 1 aliphatic heterocycles. The summed E-state index contributed by atoms with van der Waals surface area (Å²) in [4.78, 5) is 39.2. The number of ether oxygens (including phenoxy) is 1. The zero-order chi connectivity index (χ0) is 22.7. The van der Waals surface area contributed by atoms with Gasteiger partial charge in [0.15, 0.2) is 10.9 Å². The molecule has 6 nitrogen and oxygen atoms in total. The summed E-state index contributed by atoms with van der Waals surface area (Å²) < 4.78 is 5.76. The lowest BCUT2D eigenvalue weighted by Gasteiger charge is -2.28. The van der Waals surface area contributed by atoms with Crippen molar-refractivity contribution < 1.29 is 19.1 Å². The number of hydrogen-bond donors (Lipinski definition) is 1. The van der Waals surface area contributed by atoms with Crippen LogP contribution in [0.5, 0.6) is 11.5 Å². The van der Waals surface area contributed by atoms with E-state index in [-0.39, 0.29) is 10.7 Å². The van der Waals surface area contributed by atoms with Crippen LogP contribution >= 0.6 is 12.2 Å². The van der Waals surface area contributed by atoms with Crippen molar-refractivity contribution in [1.82, 2.24) is 5.32 Å². The van der Waals surface area contributed by atoms with Crippen molar-refractivity contribution in [1.29, 1.82) is 0 Å². The number of para-hydroxylation sites is 1. The van der Waals surface area contributed by atoms with E-state index < -0.39 is 17.6 Å². The number of thiocarbonyl (C=S) groups is 1. The minimum Gasteiger partial charge on any atom is -0.457 e. The third kappa shape index (κ3) is 4.48. The molecule has 0 radical (unpaired) electrons. The zero-order valence-electron chi connectivity index (χ0n) is 17.1. The number of anilines is 1. The van der Waals surface area contributed by atoms with E-state index in [4.69, 9.17) is 17.0 Å². The average Bonchev–Trinajstić information content (AvgIpc) is 2.79. The fourth-order valence-corrected chi connectivity index (χ4v) is 3.39. The summed E-state index contributed by atoms with van der Waals surface area (Å²) in [5.41, 5.74) is 1.53. The monoisotopic (exact) mass is 442 g/mol. The summed E-state index contributed by atoms with van der Waals surface area (Å²) in [7, 11) is 0. The molecule has 158 valence electrons. The third-order valence-corrected chi connectivity index (χ3v) is 5.07. The fraction of sp³-hybridized carbons (Fsp3) is 0.0400. The number of amides is 2. The predicted molar refractivity (Wildman–Crippen MR) is 125 cm³/mol. The Morgan fingerprint density at radius 3 is 2.19 bits per heavy atom. The Balaban J connectivity index is 1.58. The van der Waals surface area contributed by atoms with Crippen LogP contribution in [0.15, 0.2) is 90.5 Å². The maximum atomic E-state index is 13.1. The molecule has 0 atom stereocenters. The Morgan fingerprint density at radius 2 is 1.53 bits per heavy atom. The maximum Gasteiger partial charge on any atom is 0.270 e. The quantitative estimate of drug-likeness (QED) is 0.275. The minimum atomic E-state index is -0.708. The first kappa shape index (κ1) is 21.1. The number of nitrogens with zero attached hydrogens (tertiary/aromatic N) is 1. The second-order valence-corrected chi connectivity index (χ2v) is 7.48. The van der Waals surface area contributed by atoms with Gasteiger partial charge in [0.25, 0.3) is 11.8 Å².